The summed E-state index contributed by atoms with van der Waals surface area (Å²) in [4.78, 5) is 3.95. The maximum atomic E-state index is 13.9. The molecule has 2 rings (SSSR count). The fourth-order valence-corrected chi connectivity index (χ4v) is 1.62. The second-order valence-electron chi connectivity index (χ2n) is 4.20. The summed E-state index contributed by atoms with van der Waals surface area (Å²) in [5.74, 6) is -2.79. The number of hydrogen-bond acceptors (Lipinski definition) is 3. The van der Waals surface area contributed by atoms with Crippen molar-refractivity contribution >= 4 is 5.82 Å². The number of nitrogen functional groups attached to an aromatic ring is 1. The Morgan fingerprint density at radius 3 is 2.47 bits per heavy atom. The minimum Gasteiger partial charge on any atom is -0.483 e. The van der Waals surface area contributed by atoms with Crippen molar-refractivity contribution in [3.8, 4) is 5.75 Å². The van der Waals surface area contributed by atoms with Crippen LogP contribution in [0.25, 0.3) is 0 Å². The molecule has 19 heavy (non-hydrogen) atoms. The van der Waals surface area contributed by atoms with Crippen LogP contribution in [-0.4, -0.2) is 11.6 Å². The van der Waals surface area contributed by atoms with E-state index in [0.717, 1.165) is 0 Å². The van der Waals surface area contributed by atoms with E-state index in [1.165, 1.54) is 12.1 Å². The van der Waals surface area contributed by atoms with Gasteiger partial charge in [-0.25, -0.2) is 4.98 Å². The Morgan fingerprint density at radius 1 is 1.16 bits per heavy atom. The number of halogens is 2. The van der Waals surface area contributed by atoms with Crippen LogP contribution in [0.5, 0.6) is 5.75 Å². The van der Waals surface area contributed by atoms with Crippen molar-refractivity contribution < 1.29 is 13.5 Å². The van der Waals surface area contributed by atoms with E-state index >= 15 is 0 Å². The SMILES string of the molecule is Cc1ccc(OCC(F)(F)c2ccccc2)c(N)n1. The maximum absolute atomic E-state index is 13.9. The number of anilines is 1. The molecule has 0 aliphatic carbocycles. The van der Waals surface area contributed by atoms with Crippen LogP contribution in [-0.2, 0) is 5.92 Å². The average Bonchev–Trinajstić information content (AvgIpc) is 2.39. The number of nitrogens with zero attached hydrogens (tertiary/aromatic N) is 1. The highest BCUT2D eigenvalue weighted by atomic mass is 19.3. The molecule has 0 amide bonds. The van der Waals surface area contributed by atoms with E-state index in [9.17, 15) is 8.78 Å². The van der Waals surface area contributed by atoms with Crippen LogP contribution >= 0.6 is 0 Å². The molecule has 0 bridgehead atoms. The van der Waals surface area contributed by atoms with Crippen molar-refractivity contribution in [1.82, 2.24) is 4.98 Å². The molecule has 1 aromatic heterocycles. The summed E-state index contributed by atoms with van der Waals surface area (Å²) in [5, 5.41) is 0. The largest absolute Gasteiger partial charge is 0.483 e. The van der Waals surface area contributed by atoms with E-state index in [0.29, 0.717) is 5.69 Å². The number of aromatic nitrogens is 1. The quantitative estimate of drug-likeness (QED) is 0.922. The summed E-state index contributed by atoms with van der Waals surface area (Å²) in [5.41, 5.74) is 6.23. The summed E-state index contributed by atoms with van der Waals surface area (Å²) in [6, 6.07) is 10.7. The van der Waals surface area contributed by atoms with Crippen LogP contribution in [0.15, 0.2) is 42.5 Å². The van der Waals surface area contributed by atoms with Crippen molar-refractivity contribution in [1.29, 1.82) is 0 Å². The molecule has 100 valence electrons. The summed E-state index contributed by atoms with van der Waals surface area (Å²) < 4.78 is 32.8. The molecule has 0 fully saturated rings. The Balaban J connectivity index is 2.09. The van der Waals surface area contributed by atoms with Gasteiger partial charge in [-0.3, -0.25) is 0 Å². The van der Waals surface area contributed by atoms with Crippen LogP contribution in [0.1, 0.15) is 11.3 Å². The predicted octanol–water partition coefficient (Wildman–Crippen LogP) is 3.14. The number of nitrogens with two attached hydrogens (primary N) is 1. The van der Waals surface area contributed by atoms with Crippen molar-refractivity contribution in [2.24, 2.45) is 0 Å². The zero-order chi connectivity index (χ0) is 13.9. The average molecular weight is 264 g/mol. The normalized spacial score (nSPS) is 11.3. The number of benzene rings is 1. The minimum atomic E-state index is -3.07. The number of hydrogen-bond donors (Lipinski definition) is 1. The lowest BCUT2D eigenvalue weighted by atomic mass is 10.1. The first kappa shape index (κ1) is 13.3. The molecular weight excluding hydrogens is 250 g/mol. The number of rotatable bonds is 4. The first-order valence-corrected chi connectivity index (χ1v) is 5.78. The van der Waals surface area contributed by atoms with E-state index in [2.05, 4.69) is 4.98 Å². The highest BCUT2D eigenvalue weighted by Crippen LogP contribution is 2.29. The van der Waals surface area contributed by atoms with Crippen molar-refractivity contribution in [3.05, 3.63) is 53.7 Å². The Morgan fingerprint density at radius 2 is 1.84 bits per heavy atom. The van der Waals surface area contributed by atoms with Crippen molar-refractivity contribution in [2.45, 2.75) is 12.8 Å². The molecule has 0 saturated carbocycles. The molecule has 0 aliphatic heterocycles. The fourth-order valence-electron chi connectivity index (χ4n) is 1.62. The predicted molar refractivity (Wildman–Crippen MR) is 69.2 cm³/mol. The zero-order valence-corrected chi connectivity index (χ0v) is 10.4. The minimum absolute atomic E-state index is 0.0892. The number of alkyl halides is 2. The van der Waals surface area contributed by atoms with E-state index in [4.69, 9.17) is 10.5 Å². The molecule has 1 heterocycles. The molecule has 1 aromatic carbocycles. The van der Waals surface area contributed by atoms with Gasteiger partial charge in [-0.05, 0) is 19.1 Å². The first-order valence-electron chi connectivity index (χ1n) is 5.78. The third kappa shape index (κ3) is 3.19. The van der Waals surface area contributed by atoms with E-state index in [1.54, 1.807) is 37.3 Å². The zero-order valence-electron chi connectivity index (χ0n) is 10.4. The van der Waals surface area contributed by atoms with Crippen molar-refractivity contribution in [2.75, 3.05) is 12.3 Å². The summed E-state index contributed by atoms with van der Waals surface area (Å²) in [6.45, 7) is 0.991. The molecule has 2 aromatic rings. The molecule has 0 unspecified atom stereocenters. The lowest BCUT2D eigenvalue weighted by Crippen LogP contribution is -2.23. The van der Waals surface area contributed by atoms with Gasteiger partial charge >= 0.3 is 5.92 Å². The van der Waals surface area contributed by atoms with Crippen LogP contribution in [0.4, 0.5) is 14.6 Å². The van der Waals surface area contributed by atoms with Crippen LogP contribution in [0.2, 0.25) is 0 Å². The molecule has 0 aliphatic rings. The van der Waals surface area contributed by atoms with Gasteiger partial charge in [0.25, 0.3) is 0 Å². The van der Waals surface area contributed by atoms with E-state index < -0.39 is 12.5 Å². The second kappa shape index (κ2) is 5.22. The van der Waals surface area contributed by atoms with Crippen LogP contribution in [0.3, 0.4) is 0 Å². The highest BCUT2D eigenvalue weighted by Gasteiger charge is 2.32. The lowest BCUT2D eigenvalue weighted by Gasteiger charge is -2.18. The van der Waals surface area contributed by atoms with Gasteiger partial charge in [0.2, 0.25) is 0 Å². The lowest BCUT2D eigenvalue weighted by molar-refractivity contribution is -0.0465. The van der Waals surface area contributed by atoms with E-state index in [-0.39, 0.29) is 17.1 Å². The summed E-state index contributed by atoms with van der Waals surface area (Å²) in [7, 11) is 0. The Labute approximate surface area is 110 Å². The second-order valence-corrected chi connectivity index (χ2v) is 4.20. The van der Waals surface area contributed by atoms with Gasteiger partial charge in [0.05, 0.1) is 0 Å². The number of ether oxygens (including phenoxy) is 1. The number of aryl methyl sites for hydroxylation is 1. The highest BCUT2D eigenvalue weighted by molar-refractivity contribution is 5.46. The molecule has 0 radical (unpaired) electrons. The molecule has 3 nitrogen and oxygen atoms in total. The molecule has 0 atom stereocenters. The van der Waals surface area contributed by atoms with Gasteiger partial charge in [0, 0.05) is 11.3 Å². The van der Waals surface area contributed by atoms with Gasteiger partial charge in [0.15, 0.2) is 18.2 Å². The van der Waals surface area contributed by atoms with E-state index in [1.807, 2.05) is 0 Å². The van der Waals surface area contributed by atoms with Gasteiger partial charge in [0.1, 0.15) is 0 Å². The van der Waals surface area contributed by atoms with Crippen LogP contribution < -0.4 is 10.5 Å². The third-order valence-electron chi connectivity index (χ3n) is 2.63. The number of pyridine rings is 1. The Hall–Kier alpha value is -2.17. The molecular formula is C14H14F2N2O. The van der Waals surface area contributed by atoms with Gasteiger partial charge in [-0.15, -0.1) is 0 Å². The van der Waals surface area contributed by atoms with Gasteiger partial charge < -0.3 is 10.5 Å². The molecule has 0 saturated heterocycles. The molecule has 5 heteroatoms. The van der Waals surface area contributed by atoms with Crippen molar-refractivity contribution in [3.63, 3.8) is 0 Å². The standard InChI is InChI=1S/C14H14F2N2O/c1-10-7-8-12(13(17)18-10)19-9-14(15,16)11-5-3-2-4-6-11/h2-8H,9H2,1H3,(H2,17,18). The summed E-state index contributed by atoms with van der Waals surface area (Å²) >= 11 is 0. The molecule has 0 spiro atoms. The third-order valence-corrected chi connectivity index (χ3v) is 2.63. The smallest absolute Gasteiger partial charge is 0.306 e. The first-order chi connectivity index (χ1) is 8.99. The Kier molecular flexibility index (Phi) is 3.64. The van der Waals surface area contributed by atoms with Gasteiger partial charge in [-0.1, -0.05) is 30.3 Å². The van der Waals surface area contributed by atoms with Crippen LogP contribution in [0, 0.1) is 6.92 Å². The maximum Gasteiger partial charge on any atom is 0.306 e. The topological polar surface area (TPSA) is 48.1 Å². The van der Waals surface area contributed by atoms with Gasteiger partial charge in [-0.2, -0.15) is 8.78 Å². The molecule has 2 N–H and O–H groups in total. The summed E-state index contributed by atoms with van der Waals surface area (Å²) in [6.07, 6.45) is 0. The monoisotopic (exact) mass is 264 g/mol. The Bertz CT molecular complexity index is 559. The fraction of sp³-hybridized carbons (Fsp3) is 0.214.